The van der Waals surface area contributed by atoms with Crippen molar-refractivity contribution < 1.29 is 0 Å². The summed E-state index contributed by atoms with van der Waals surface area (Å²) in [6.45, 7) is 3.82. The van der Waals surface area contributed by atoms with E-state index in [0.717, 1.165) is 60.1 Å². The van der Waals surface area contributed by atoms with E-state index in [1.165, 1.54) is 0 Å². The van der Waals surface area contributed by atoms with Crippen LogP contribution in [-0.4, -0.2) is 58.1 Å². The summed E-state index contributed by atoms with van der Waals surface area (Å²) in [7, 11) is 3.96. The number of hydrogen-bond acceptors (Lipinski definition) is 8. The summed E-state index contributed by atoms with van der Waals surface area (Å²) < 4.78 is 0. The molecule has 0 radical (unpaired) electrons. The van der Waals surface area contributed by atoms with Gasteiger partial charge >= 0.3 is 0 Å². The lowest BCUT2D eigenvalue weighted by molar-refractivity contribution is 0.523. The summed E-state index contributed by atoms with van der Waals surface area (Å²) in [6, 6.07) is 4.38. The average Bonchev–Trinajstić information content (AvgIpc) is 2.68. The largest absolute Gasteiger partial charge is 0.367 e. The number of nitrogens with one attached hydrogen (secondary N) is 1. The first-order valence-electron chi connectivity index (χ1n) is 9.19. The van der Waals surface area contributed by atoms with Crippen molar-refractivity contribution in [2.75, 3.05) is 42.3 Å². The Kier molecular flexibility index (Phi) is 4.70. The molecule has 0 atom stereocenters. The third-order valence-electron chi connectivity index (χ3n) is 4.85. The van der Waals surface area contributed by atoms with Crippen molar-refractivity contribution in [2.45, 2.75) is 25.8 Å². The van der Waals surface area contributed by atoms with E-state index in [2.05, 4.69) is 30.2 Å². The zero-order chi connectivity index (χ0) is 18.8. The quantitative estimate of drug-likeness (QED) is 0.755. The van der Waals surface area contributed by atoms with E-state index in [0.29, 0.717) is 6.04 Å². The maximum Gasteiger partial charge on any atom is 0.140 e. The summed E-state index contributed by atoms with van der Waals surface area (Å²) in [5, 5.41) is 4.61. The minimum Gasteiger partial charge on any atom is -0.367 e. The van der Waals surface area contributed by atoms with Crippen molar-refractivity contribution >= 4 is 28.4 Å². The lowest BCUT2D eigenvalue weighted by Gasteiger charge is -2.34. The zero-order valence-corrected chi connectivity index (χ0v) is 15.9. The van der Waals surface area contributed by atoms with Crippen LogP contribution in [0.2, 0.25) is 0 Å². The van der Waals surface area contributed by atoms with Gasteiger partial charge < -0.3 is 15.1 Å². The number of aryl methyl sites for hydroxylation is 1. The van der Waals surface area contributed by atoms with Crippen molar-refractivity contribution in [3.63, 3.8) is 0 Å². The van der Waals surface area contributed by atoms with Crippen LogP contribution in [0.4, 0.5) is 17.5 Å². The summed E-state index contributed by atoms with van der Waals surface area (Å²) in [6.07, 6.45) is 7.26. The highest BCUT2D eigenvalue weighted by Crippen LogP contribution is 2.26. The van der Waals surface area contributed by atoms with Crippen LogP contribution in [-0.2, 0) is 0 Å². The molecule has 27 heavy (non-hydrogen) atoms. The van der Waals surface area contributed by atoms with Crippen LogP contribution in [0.3, 0.4) is 0 Å². The van der Waals surface area contributed by atoms with E-state index in [1.807, 2.05) is 38.1 Å². The summed E-state index contributed by atoms with van der Waals surface area (Å²) in [5.74, 6) is 3.57. The second-order valence-corrected chi connectivity index (χ2v) is 7.05. The highest BCUT2D eigenvalue weighted by Gasteiger charge is 2.22. The molecule has 1 aliphatic heterocycles. The topological polar surface area (TPSA) is 83.0 Å². The Bertz CT molecular complexity index is 934. The molecule has 0 amide bonds. The van der Waals surface area contributed by atoms with Crippen LogP contribution in [0.1, 0.15) is 18.7 Å². The van der Waals surface area contributed by atoms with Crippen LogP contribution < -0.4 is 15.1 Å². The fraction of sp³-hybridized carbons (Fsp3) is 0.421. The van der Waals surface area contributed by atoms with Crippen molar-refractivity contribution in [3.05, 3.63) is 36.7 Å². The Balaban J connectivity index is 1.46. The summed E-state index contributed by atoms with van der Waals surface area (Å²) in [4.78, 5) is 26.3. The van der Waals surface area contributed by atoms with E-state index < -0.39 is 0 Å². The molecule has 0 aliphatic carbocycles. The van der Waals surface area contributed by atoms with E-state index in [9.17, 15) is 0 Å². The van der Waals surface area contributed by atoms with E-state index >= 15 is 0 Å². The predicted octanol–water partition coefficient (Wildman–Crippen LogP) is 2.27. The van der Waals surface area contributed by atoms with Crippen molar-refractivity contribution in [3.8, 4) is 0 Å². The maximum atomic E-state index is 4.71. The molecule has 1 saturated heterocycles. The van der Waals surface area contributed by atoms with Crippen LogP contribution in [0.5, 0.6) is 0 Å². The van der Waals surface area contributed by atoms with Gasteiger partial charge in [-0.2, -0.15) is 0 Å². The van der Waals surface area contributed by atoms with Gasteiger partial charge in [-0.15, -0.1) is 0 Å². The number of pyridine rings is 1. The van der Waals surface area contributed by atoms with Gasteiger partial charge in [0.25, 0.3) is 0 Å². The fourth-order valence-corrected chi connectivity index (χ4v) is 3.43. The Morgan fingerprint density at radius 3 is 2.74 bits per heavy atom. The van der Waals surface area contributed by atoms with Crippen molar-refractivity contribution in [1.82, 2.24) is 24.9 Å². The number of fused-ring (bicyclic) bond motifs is 1. The standard InChI is InChI=1S/C19H24N8/c1-13-23-16-11-20-7-4-15(16)19(24-13)27-8-5-14(6-9-27)25-17-10-18(26(2)3)22-12-21-17/h4,7,10-12,14H,5-6,8-9H2,1-3H3,(H,21,22,25). The normalized spacial score (nSPS) is 15.1. The molecule has 3 aromatic heterocycles. The van der Waals surface area contributed by atoms with Crippen LogP contribution in [0, 0.1) is 6.92 Å². The highest BCUT2D eigenvalue weighted by molar-refractivity contribution is 5.88. The molecule has 0 spiro atoms. The van der Waals surface area contributed by atoms with Gasteiger partial charge in [-0.25, -0.2) is 19.9 Å². The molecule has 140 valence electrons. The minimum absolute atomic E-state index is 0.391. The smallest absolute Gasteiger partial charge is 0.140 e. The van der Waals surface area contributed by atoms with E-state index in [4.69, 9.17) is 4.98 Å². The zero-order valence-electron chi connectivity index (χ0n) is 15.9. The Morgan fingerprint density at radius 1 is 1.15 bits per heavy atom. The number of piperidine rings is 1. The minimum atomic E-state index is 0.391. The van der Waals surface area contributed by atoms with Gasteiger partial charge in [-0.1, -0.05) is 0 Å². The third kappa shape index (κ3) is 3.74. The van der Waals surface area contributed by atoms with Crippen molar-refractivity contribution in [1.29, 1.82) is 0 Å². The molecule has 0 bridgehead atoms. The number of anilines is 3. The summed E-state index contributed by atoms with van der Waals surface area (Å²) in [5.41, 5.74) is 0.900. The van der Waals surface area contributed by atoms with Gasteiger partial charge in [-0.05, 0) is 25.8 Å². The molecule has 4 rings (SSSR count). The van der Waals surface area contributed by atoms with Gasteiger partial charge in [0.2, 0.25) is 0 Å². The number of rotatable bonds is 4. The lowest BCUT2D eigenvalue weighted by atomic mass is 10.0. The second-order valence-electron chi connectivity index (χ2n) is 7.05. The van der Waals surface area contributed by atoms with Gasteiger partial charge in [0, 0.05) is 50.9 Å². The second kappa shape index (κ2) is 7.30. The molecule has 0 aromatic carbocycles. The molecule has 3 aromatic rings. The number of aromatic nitrogens is 5. The van der Waals surface area contributed by atoms with E-state index in [-0.39, 0.29) is 0 Å². The molecule has 1 fully saturated rings. The predicted molar refractivity (Wildman–Crippen MR) is 107 cm³/mol. The Hall–Kier alpha value is -3.03. The molecule has 1 aliphatic rings. The monoisotopic (exact) mass is 364 g/mol. The highest BCUT2D eigenvalue weighted by atomic mass is 15.2. The third-order valence-corrected chi connectivity index (χ3v) is 4.85. The van der Waals surface area contributed by atoms with Crippen LogP contribution >= 0.6 is 0 Å². The van der Waals surface area contributed by atoms with Gasteiger partial charge in [-0.3, -0.25) is 4.98 Å². The molecular formula is C19H24N8. The molecule has 4 heterocycles. The molecule has 8 heteroatoms. The molecule has 0 saturated carbocycles. The fourth-order valence-electron chi connectivity index (χ4n) is 3.43. The van der Waals surface area contributed by atoms with Gasteiger partial charge in [0.15, 0.2) is 0 Å². The number of hydrogen-bond donors (Lipinski definition) is 1. The van der Waals surface area contributed by atoms with Gasteiger partial charge in [0.1, 0.15) is 29.6 Å². The maximum absolute atomic E-state index is 4.71. The van der Waals surface area contributed by atoms with Gasteiger partial charge in [0.05, 0.1) is 11.7 Å². The first-order chi connectivity index (χ1) is 13.1. The first-order valence-corrected chi connectivity index (χ1v) is 9.19. The lowest BCUT2D eigenvalue weighted by Crippen LogP contribution is -2.40. The molecular weight excluding hydrogens is 340 g/mol. The Morgan fingerprint density at radius 2 is 1.96 bits per heavy atom. The first kappa shape index (κ1) is 17.4. The molecule has 8 nitrogen and oxygen atoms in total. The van der Waals surface area contributed by atoms with E-state index in [1.54, 1.807) is 18.7 Å². The SMILES string of the molecule is Cc1nc(N2CCC(Nc3cc(N(C)C)ncn3)CC2)c2ccncc2n1. The Labute approximate surface area is 158 Å². The molecule has 1 N–H and O–H groups in total. The number of nitrogens with zero attached hydrogens (tertiary/aromatic N) is 7. The molecule has 0 unspecified atom stereocenters. The summed E-state index contributed by atoms with van der Waals surface area (Å²) >= 11 is 0. The van der Waals surface area contributed by atoms with Crippen LogP contribution in [0.25, 0.3) is 10.9 Å². The van der Waals surface area contributed by atoms with Crippen LogP contribution in [0.15, 0.2) is 30.9 Å². The average molecular weight is 364 g/mol. The van der Waals surface area contributed by atoms with Crippen molar-refractivity contribution in [2.24, 2.45) is 0 Å².